The van der Waals surface area contributed by atoms with Crippen LogP contribution < -0.4 is 0 Å². The van der Waals surface area contributed by atoms with Gasteiger partial charge in [-0.25, -0.2) is 0 Å². The maximum absolute atomic E-state index is 9.77. The van der Waals surface area contributed by atoms with Crippen molar-refractivity contribution in [3.05, 3.63) is 21.9 Å². The Balaban J connectivity index is 2.49. The summed E-state index contributed by atoms with van der Waals surface area (Å²) in [5.41, 5.74) is 0. The summed E-state index contributed by atoms with van der Waals surface area (Å²) in [7, 11) is 0. The largest absolute Gasteiger partial charge is 0.462 e. The minimum absolute atomic E-state index is 0.405. The summed E-state index contributed by atoms with van der Waals surface area (Å²) < 4.78 is 4.56. The zero-order chi connectivity index (χ0) is 7.40. The molecule has 1 rings (SSSR count). The fraction of sp³-hybridized carbons (Fsp3) is 0.286. The highest BCUT2D eigenvalue weighted by atomic mass is 32.1. The molecule has 54 valence electrons. The molecule has 0 N–H and O–H groups in total. The highest BCUT2D eigenvalue weighted by molar-refractivity contribution is 7.11. The zero-order valence-electron chi connectivity index (χ0n) is 5.66. The Kier molecular flexibility index (Phi) is 2.45. The van der Waals surface area contributed by atoms with E-state index in [1.807, 2.05) is 19.1 Å². The molecule has 0 spiro atoms. The molecule has 0 fully saturated rings. The lowest BCUT2D eigenvalue weighted by Gasteiger charge is -1.90. The van der Waals surface area contributed by atoms with Gasteiger partial charge in [-0.2, -0.15) is 0 Å². The second kappa shape index (κ2) is 3.37. The summed E-state index contributed by atoms with van der Waals surface area (Å²) in [5.74, 6) is 0. The molecule has 2 nitrogen and oxygen atoms in total. The van der Waals surface area contributed by atoms with Crippen LogP contribution in [0.15, 0.2) is 12.1 Å². The molecule has 0 saturated heterocycles. The highest BCUT2D eigenvalue weighted by Gasteiger charge is 1.94. The number of hydrogen-bond acceptors (Lipinski definition) is 3. The highest BCUT2D eigenvalue weighted by Crippen LogP contribution is 2.15. The standard InChI is InChI=1S/C7H8O2S/c1-6-2-3-7(10-6)4-9-5-8/h2-3,5H,4H2,1H3. The van der Waals surface area contributed by atoms with Gasteiger partial charge in [0.05, 0.1) is 0 Å². The molecule has 0 aromatic carbocycles. The van der Waals surface area contributed by atoms with Crippen LogP contribution in [0.2, 0.25) is 0 Å². The van der Waals surface area contributed by atoms with Crippen molar-refractivity contribution in [1.29, 1.82) is 0 Å². The maximum Gasteiger partial charge on any atom is 0.293 e. The summed E-state index contributed by atoms with van der Waals surface area (Å²) in [6.07, 6.45) is 0. The number of carbonyl (C=O) groups is 1. The Hall–Kier alpha value is -0.830. The van der Waals surface area contributed by atoms with Crippen LogP contribution in [0.25, 0.3) is 0 Å². The lowest BCUT2D eigenvalue weighted by Crippen LogP contribution is -1.84. The molecule has 1 aromatic rings. The lowest BCUT2D eigenvalue weighted by atomic mass is 10.4. The van der Waals surface area contributed by atoms with Crippen molar-refractivity contribution < 1.29 is 9.53 Å². The molecular weight excluding hydrogens is 148 g/mol. The zero-order valence-corrected chi connectivity index (χ0v) is 6.48. The Labute approximate surface area is 63.4 Å². The molecule has 0 amide bonds. The van der Waals surface area contributed by atoms with Gasteiger partial charge in [-0.05, 0) is 19.1 Å². The van der Waals surface area contributed by atoms with Crippen molar-refractivity contribution >= 4 is 17.8 Å². The van der Waals surface area contributed by atoms with Gasteiger partial charge in [-0.15, -0.1) is 11.3 Å². The number of ether oxygens (including phenoxy) is 1. The summed E-state index contributed by atoms with van der Waals surface area (Å²) >= 11 is 1.64. The first-order valence-corrected chi connectivity index (χ1v) is 3.75. The van der Waals surface area contributed by atoms with Crippen molar-refractivity contribution in [2.24, 2.45) is 0 Å². The summed E-state index contributed by atoms with van der Waals surface area (Å²) in [4.78, 5) is 12.1. The first-order chi connectivity index (χ1) is 4.83. The van der Waals surface area contributed by atoms with E-state index in [0.29, 0.717) is 13.1 Å². The van der Waals surface area contributed by atoms with Crippen molar-refractivity contribution in [2.45, 2.75) is 13.5 Å². The molecule has 0 bridgehead atoms. The van der Waals surface area contributed by atoms with E-state index in [1.54, 1.807) is 11.3 Å². The molecule has 0 unspecified atom stereocenters. The third-order valence-corrected chi connectivity index (χ3v) is 2.06. The van der Waals surface area contributed by atoms with Crippen LogP contribution in [0.4, 0.5) is 0 Å². The number of aryl methyl sites for hydroxylation is 1. The fourth-order valence-electron chi connectivity index (χ4n) is 0.679. The summed E-state index contributed by atoms with van der Waals surface area (Å²) in [5, 5.41) is 0. The molecule has 0 saturated carbocycles. The number of carbonyl (C=O) groups excluding carboxylic acids is 1. The van der Waals surface area contributed by atoms with E-state index in [2.05, 4.69) is 4.74 Å². The molecular formula is C7H8O2S. The lowest BCUT2D eigenvalue weighted by molar-refractivity contribution is -0.129. The topological polar surface area (TPSA) is 26.3 Å². The van der Waals surface area contributed by atoms with Gasteiger partial charge < -0.3 is 4.74 Å². The minimum Gasteiger partial charge on any atom is -0.462 e. The van der Waals surface area contributed by atoms with Gasteiger partial charge in [0, 0.05) is 9.75 Å². The van der Waals surface area contributed by atoms with Crippen molar-refractivity contribution in [3.8, 4) is 0 Å². The van der Waals surface area contributed by atoms with Gasteiger partial charge in [0.1, 0.15) is 6.61 Å². The monoisotopic (exact) mass is 156 g/mol. The Bertz CT molecular complexity index is 217. The van der Waals surface area contributed by atoms with Gasteiger partial charge in [-0.1, -0.05) is 0 Å². The van der Waals surface area contributed by atoms with Gasteiger partial charge in [-0.3, -0.25) is 4.79 Å². The Morgan fingerprint density at radius 1 is 1.70 bits per heavy atom. The van der Waals surface area contributed by atoms with Crippen molar-refractivity contribution in [2.75, 3.05) is 0 Å². The summed E-state index contributed by atoms with van der Waals surface area (Å²) in [6.45, 7) is 2.89. The molecule has 0 radical (unpaired) electrons. The van der Waals surface area contributed by atoms with Gasteiger partial charge in [0.15, 0.2) is 0 Å². The predicted octanol–water partition coefficient (Wildman–Crippen LogP) is 1.73. The quantitative estimate of drug-likeness (QED) is 0.623. The number of rotatable bonds is 3. The fourth-order valence-corrected chi connectivity index (χ4v) is 1.49. The van der Waals surface area contributed by atoms with Crippen molar-refractivity contribution in [3.63, 3.8) is 0 Å². The maximum atomic E-state index is 9.77. The van der Waals surface area contributed by atoms with E-state index in [9.17, 15) is 4.79 Å². The average Bonchev–Trinajstić information content (AvgIpc) is 2.31. The molecule has 0 aliphatic rings. The van der Waals surface area contributed by atoms with Gasteiger partial charge >= 0.3 is 0 Å². The third-order valence-electron chi connectivity index (χ3n) is 1.09. The van der Waals surface area contributed by atoms with Crippen LogP contribution in [0.3, 0.4) is 0 Å². The molecule has 0 aliphatic heterocycles. The van der Waals surface area contributed by atoms with Crippen LogP contribution >= 0.6 is 11.3 Å². The molecule has 0 atom stereocenters. The first-order valence-electron chi connectivity index (χ1n) is 2.93. The number of hydrogen-bond donors (Lipinski definition) is 0. The van der Waals surface area contributed by atoms with Crippen LogP contribution in [0.1, 0.15) is 9.75 Å². The Morgan fingerprint density at radius 3 is 3.00 bits per heavy atom. The van der Waals surface area contributed by atoms with E-state index in [1.165, 1.54) is 4.88 Å². The summed E-state index contributed by atoms with van der Waals surface area (Å²) in [6, 6.07) is 3.97. The van der Waals surface area contributed by atoms with E-state index >= 15 is 0 Å². The van der Waals surface area contributed by atoms with E-state index in [0.717, 1.165) is 4.88 Å². The molecule has 0 aliphatic carbocycles. The minimum atomic E-state index is 0.405. The van der Waals surface area contributed by atoms with Crippen LogP contribution in [0, 0.1) is 6.92 Å². The average molecular weight is 156 g/mol. The first kappa shape index (κ1) is 7.28. The predicted molar refractivity (Wildman–Crippen MR) is 39.9 cm³/mol. The normalized spacial score (nSPS) is 9.30. The van der Waals surface area contributed by atoms with E-state index in [-0.39, 0.29) is 0 Å². The molecule has 10 heavy (non-hydrogen) atoms. The molecule has 3 heteroatoms. The Morgan fingerprint density at radius 2 is 2.50 bits per heavy atom. The van der Waals surface area contributed by atoms with Crippen LogP contribution in [-0.4, -0.2) is 6.47 Å². The second-order valence-electron chi connectivity index (χ2n) is 1.92. The van der Waals surface area contributed by atoms with E-state index < -0.39 is 0 Å². The van der Waals surface area contributed by atoms with Crippen LogP contribution in [0.5, 0.6) is 0 Å². The van der Waals surface area contributed by atoms with E-state index in [4.69, 9.17) is 0 Å². The SMILES string of the molecule is Cc1ccc(COC=O)s1. The third kappa shape index (κ3) is 1.84. The second-order valence-corrected chi connectivity index (χ2v) is 3.29. The van der Waals surface area contributed by atoms with Crippen molar-refractivity contribution in [1.82, 2.24) is 0 Å². The smallest absolute Gasteiger partial charge is 0.293 e. The van der Waals surface area contributed by atoms with Gasteiger partial charge in [0.2, 0.25) is 0 Å². The molecule has 1 aromatic heterocycles. The number of thiophene rings is 1. The van der Waals surface area contributed by atoms with Crippen LogP contribution in [-0.2, 0) is 16.1 Å². The molecule has 1 heterocycles. The van der Waals surface area contributed by atoms with Gasteiger partial charge in [0.25, 0.3) is 6.47 Å².